The zero-order valence-electron chi connectivity index (χ0n) is 13.7. The highest BCUT2D eigenvalue weighted by atomic mass is 35.5. The number of likely N-dealkylation sites (tertiary alicyclic amines) is 1. The Morgan fingerprint density at radius 2 is 1.83 bits per heavy atom. The van der Waals surface area contributed by atoms with Gasteiger partial charge in [0.15, 0.2) is 0 Å². The minimum Gasteiger partial charge on any atom is -0.353 e. The third kappa shape index (κ3) is 6.08. The van der Waals surface area contributed by atoms with Gasteiger partial charge < -0.3 is 10.6 Å². The summed E-state index contributed by atoms with van der Waals surface area (Å²) in [6, 6.07) is 8.40. The predicted octanol–water partition coefficient (Wildman–Crippen LogP) is 2.87. The molecule has 1 aromatic carbocycles. The molecule has 1 amide bonds. The maximum atomic E-state index is 12.1. The summed E-state index contributed by atoms with van der Waals surface area (Å²) in [5.74, 6) is 0.410. The first-order valence-electron chi connectivity index (χ1n) is 8.18. The summed E-state index contributed by atoms with van der Waals surface area (Å²) in [5, 5.41) is 7.26. The van der Waals surface area contributed by atoms with Crippen molar-refractivity contribution in [2.24, 2.45) is 5.92 Å². The third-order valence-electron chi connectivity index (χ3n) is 4.68. The fourth-order valence-electron chi connectivity index (χ4n) is 3.28. The molecule has 0 bridgehead atoms. The molecule has 2 fully saturated rings. The summed E-state index contributed by atoms with van der Waals surface area (Å²) in [6.45, 7) is 4.84. The maximum Gasteiger partial charge on any atom is 0.224 e. The first-order chi connectivity index (χ1) is 10.7. The Balaban J connectivity index is 0.00000144. The lowest BCUT2D eigenvalue weighted by Gasteiger charge is -2.32. The standard InChI is InChI=1S/C17H24ClN3O.2ClH/c18-15-3-1-13(2-4-15)12-21-9-6-16(7-10-21)20-17(22)14-5-8-19-11-14;;/h1-4,14,16,19H,5-12H2,(H,20,22);2*1H. The van der Waals surface area contributed by atoms with Crippen LogP contribution in [0.2, 0.25) is 5.02 Å². The zero-order valence-corrected chi connectivity index (χ0v) is 16.1. The molecule has 2 N–H and O–H groups in total. The molecule has 1 atom stereocenters. The monoisotopic (exact) mass is 393 g/mol. The molecule has 1 unspecified atom stereocenters. The van der Waals surface area contributed by atoms with Gasteiger partial charge in [0, 0.05) is 37.2 Å². The summed E-state index contributed by atoms with van der Waals surface area (Å²) in [4.78, 5) is 14.6. The van der Waals surface area contributed by atoms with Gasteiger partial charge in [-0.2, -0.15) is 0 Å². The molecule has 0 saturated carbocycles. The van der Waals surface area contributed by atoms with E-state index in [9.17, 15) is 4.79 Å². The predicted molar refractivity (Wildman–Crippen MR) is 103 cm³/mol. The molecule has 0 aromatic heterocycles. The van der Waals surface area contributed by atoms with E-state index in [0.29, 0.717) is 6.04 Å². The fraction of sp³-hybridized carbons (Fsp3) is 0.588. The van der Waals surface area contributed by atoms with Crippen molar-refractivity contribution in [3.05, 3.63) is 34.9 Å². The van der Waals surface area contributed by atoms with Crippen LogP contribution in [0.25, 0.3) is 0 Å². The van der Waals surface area contributed by atoms with Gasteiger partial charge in [-0.05, 0) is 43.5 Å². The Kier molecular flexibility index (Phi) is 9.39. The van der Waals surface area contributed by atoms with Crippen LogP contribution in [0.3, 0.4) is 0 Å². The number of piperidine rings is 1. The van der Waals surface area contributed by atoms with Crippen molar-refractivity contribution in [1.29, 1.82) is 0 Å². The highest BCUT2D eigenvalue weighted by Crippen LogP contribution is 2.17. The third-order valence-corrected chi connectivity index (χ3v) is 4.94. The fourth-order valence-corrected chi connectivity index (χ4v) is 3.41. The maximum absolute atomic E-state index is 12.1. The molecule has 0 radical (unpaired) electrons. The highest BCUT2D eigenvalue weighted by Gasteiger charge is 2.26. The van der Waals surface area contributed by atoms with Crippen LogP contribution in [0.1, 0.15) is 24.8 Å². The first-order valence-corrected chi connectivity index (χ1v) is 8.56. The zero-order chi connectivity index (χ0) is 15.4. The molecular formula is C17H26Cl3N3O. The molecule has 3 rings (SSSR count). The summed E-state index contributed by atoms with van der Waals surface area (Å²) in [6.07, 6.45) is 3.06. The lowest BCUT2D eigenvalue weighted by molar-refractivity contribution is -0.125. The lowest BCUT2D eigenvalue weighted by atomic mass is 10.0. The van der Waals surface area contributed by atoms with Gasteiger partial charge in [0.1, 0.15) is 0 Å². The number of benzene rings is 1. The molecule has 24 heavy (non-hydrogen) atoms. The van der Waals surface area contributed by atoms with Crippen molar-refractivity contribution < 1.29 is 4.79 Å². The molecule has 0 spiro atoms. The van der Waals surface area contributed by atoms with Crippen molar-refractivity contribution in [1.82, 2.24) is 15.5 Å². The number of hydrogen-bond donors (Lipinski definition) is 2. The van der Waals surface area contributed by atoms with Gasteiger partial charge in [-0.25, -0.2) is 0 Å². The first kappa shape index (κ1) is 21.5. The molecule has 7 heteroatoms. The minimum atomic E-state index is 0. The lowest BCUT2D eigenvalue weighted by Crippen LogP contribution is -2.46. The SMILES string of the molecule is Cl.Cl.O=C(NC1CCN(Cc2ccc(Cl)cc2)CC1)C1CCNC1. The van der Waals surface area contributed by atoms with Crippen molar-refractivity contribution in [3.63, 3.8) is 0 Å². The van der Waals surface area contributed by atoms with Crippen LogP contribution in [0.5, 0.6) is 0 Å². The van der Waals surface area contributed by atoms with E-state index in [1.54, 1.807) is 0 Å². The van der Waals surface area contributed by atoms with E-state index in [0.717, 1.165) is 57.0 Å². The van der Waals surface area contributed by atoms with Gasteiger partial charge in [0.2, 0.25) is 5.91 Å². The van der Waals surface area contributed by atoms with Gasteiger partial charge in [0.25, 0.3) is 0 Å². The van der Waals surface area contributed by atoms with Gasteiger partial charge in [-0.3, -0.25) is 9.69 Å². The van der Waals surface area contributed by atoms with E-state index in [1.165, 1.54) is 5.56 Å². The van der Waals surface area contributed by atoms with Crippen LogP contribution in [-0.4, -0.2) is 43.0 Å². The van der Waals surface area contributed by atoms with E-state index < -0.39 is 0 Å². The Bertz CT molecular complexity index is 498. The highest BCUT2D eigenvalue weighted by molar-refractivity contribution is 6.30. The van der Waals surface area contributed by atoms with Gasteiger partial charge in [-0.15, -0.1) is 24.8 Å². The van der Waals surface area contributed by atoms with Crippen molar-refractivity contribution in [2.45, 2.75) is 31.8 Å². The van der Waals surface area contributed by atoms with Crippen molar-refractivity contribution >= 4 is 42.3 Å². The Morgan fingerprint density at radius 1 is 1.17 bits per heavy atom. The number of nitrogens with zero attached hydrogens (tertiary/aromatic N) is 1. The van der Waals surface area contributed by atoms with E-state index in [2.05, 4.69) is 27.7 Å². The topological polar surface area (TPSA) is 44.4 Å². The van der Waals surface area contributed by atoms with Crippen molar-refractivity contribution in [3.8, 4) is 0 Å². The number of halogens is 3. The number of hydrogen-bond acceptors (Lipinski definition) is 3. The van der Waals surface area contributed by atoms with Crippen LogP contribution in [0.4, 0.5) is 0 Å². The molecule has 1 aromatic rings. The number of nitrogens with one attached hydrogen (secondary N) is 2. The molecular weight excluding hydrogens is 369 g/mol. The minimum absolute atomic E-state index is 0. The molecule has 136 valence electrons. The summed E-state index contributed by atoms with van der Waals surface area (Å²) in [5.41, 5.74) is 1.30. The van der Waals surface area contributed by atoms with Gasteiger partial charge in [0.05, 0.1) is 5.92 Å². The molecule has 0 aliphatic carbocycles. The molecule has 2 aliphatic rings. The summed E-state index contributed by atoms with van der Waals surface area (Å²) < 4.78 is 0. The van der Waals surface area contributed by atoms with Crippen LogP contribution in [0.15, 0.2) is 24.3 Å². The average molecular weight is 395 g/mol. The average Bonchev–Trinajstić information content (AvgIpc) is 3.06. The second kappa shape index (κ2) is 10.5. The number of carbonyl (C=O) groups is 1. The van der Waals surface area contributed by atoms with E-state index in [-0.39, 0.29) is 36.6 Å². The second-order valence-corrected chi connectivity index (χ2v) is 6.81. The van der Waals surface area contributed by atoms with Crippen molar-refractivity contribution in [2.75, 3.05) is 26.2 Å². The Morgan fingerprint density at radius 3 is 2.42 bits per heavy atom. The van der Waals surface area contributed by atoms with Crippen LogP contribution in [-0.2, 0) is 11.3 Å². The number of carbonyl (C=O) groups excluding carboxylic acids is 1. The van der Waals surface area contributed by atoms with Crippen LogP contribution >= 0.6 is 36.4 Å². The number of amides is 1. The molecule has 4 nitrogen and oxygen atoms in total. The molecule has 2 aliphatic heterocycles. The number of rotatable bonds is 4. The smallest absolute Gasteiger partial charge is 0.224 e. The largest absolute Gasteiger partial charge is 0.353 e. The van der Waals surface area contributed by atoms with Gasteiger partial charge >= 0.3 is 0 Å². The Labute approximate surface area is 161 Å². The van der Waals surface area contributed by atoms with Crippen LogP contribution in [0, 0.1) is 5.92 Å². The second-order valence-electron chi connectivity index (χ2n) is 6.38. The van der Waals surface area contributed by atoms with Crippen LogP contribution < -0.4 is 10.6 Å². The van der Waals surface area contributed by atoms with Gasteiger partial charge in [-0.1, -0.05) is 23.7 Å². The van der Waals surface area contributed by atoms with E-state index in [1.807, 2.05) is 12.1 Å². The van der Waals surface area contributed by atoms with E-state index in [4.69, 9.17) is 11.6 Å². The molecule has 2 saturated heterocycles. The summed E-state index contributed by atoms with van der Waals surface area (Å²) in [7, 11) is 0. The summed E-state index contributed by atoms with van der Waals surface area (Å²) >= 11 is 5.92. The Hall–Kier alpha value is -0.520. The van der Waals surface area contributed by atoms with E-state index >= 15 is 0 Å². The molecule has 2 heterocycles. The normalized spacial score (nSPS) is 21.6. The quantitative estimate of drug-likeness (QED) is 0.825.